The fourth-order valence-corrected chi connectivity index (χ4v) is 4.64. The molecule has 5 aromatic rings. The zero-order valence-electron chi connectivity index (χ0n) is 18.4. The van der Waals surface area contributed by atoms with E-state index in [4.69, 9.17) is 16.1 Å². The molecule has 0 unspecified atom stereocenters. The molecule has 0 fully saturated rings. The SMILES string of the molecule is Cc1c(C(=O)N2CCCc3ccccc32)nnn1-c1ccc2noc(-c3ccc(Cl)cc3)c2c1. The van der Waals surface area contributed by atoms with Crippen LogP contribution in [0.15, 0.2) is 71.3 Å². The normalized spacial score (nSPS) is 13.3. The van der Waals surface area contributed by atoms with E-state index in [0.717, 1.165) is 40.7 Å². The second-order valence-corrected chi connectivity index (χ2v) is 8.78. The molecule has 0 saturated carbocycles. The maximum atomic E-state index is 13.4. The van der Waals surface area contributed by atoms with Crippen LogP contribution in [0.3, 0.4) is 0 Å². The largest absolute Gasteiger partial charge is 0.355 e. The van der Waals surface area contributed by atoms with Gasteiger partial charge in [-0.05, 0) is 73.9 Å². The molecule has 7 nitrogen and oxygen atoms in total. The monoisotopic (exact) mass is 469 g/mol. The van der Waals surface area contributed by atoms with Gasteiger partial charge in [0.2, 0.25) is 0 Å². The molecule has 0 atom stereocenters. The van der Waals surface area contributed by atoms with Gasteiger partial charge in [-0.15, -0.1) is 5.10 Å². The smallest absolute Gasteiger partial charge is 0.280 e. The van der Waals surface area contributed by atoms with E-state index in [-0.39, 0.29) is 5.91 Å². The third kappa shape index (κ3) is 3.36. The first kappa shape index (κ1) is 20.6. The van der Waals surface area contributed by atoms with E-state index in [1.807, 2.05) is 72.5 Å². The van der Waals surface area contributed by atoms with Crippen molar-refractivity contribution in [2.24, 2.45) is 0 Å². The number of carbonyl (C=O) groups is 1. The van der Waals surface area contributed by atoms with Crippen LogP contribution in [0.25, 0.3) is 27.9 Å². The van der Waals surface area contributed by atoms with E-state index >= 15 is 0 Å². The minimum atomic E-state index is -0.135. The van der Waals surface area contributed by atoms with Gasteiger partial charge < -0.3 is 9.42 Å². The van der Waals surface area contributed by atoms with Gasteiger partial charge in [0, 0.05) is 22.8 Å². The summed E-state index contributed by atoms with van der Waals surface area (Å²) < 4.78 is 7.30. The molecule has 0 aliphatic carbocycles. The molecule has 3 heterocycles. The molecule has 1 amide bonds. The van der Waals surface area contributed by atoms with Crippen molar-refractivity contribution in [2.75, 3.05) is 11.4 Å². The highest BCUT2D eigenvalue weighted by Crippen LogP contribution is 2.32. The molecular weight excluding hydrogens is 450 g/mol. The third-order valence-corrected chi connectivity index (χ3v) is 6.52. The van der Waals surface area contributed by atoms with Gasteiger partial charge in [0.05, 0.1) is 16.8 Å². The van der Waals surface area contributed by atoms with Crippen molar-refractivity contribution in [2.45, 2.75) is 19.8 Å². The molecule has 6 rings (SSSR count). The van der Waals surface area contributed by atoms with E-state index in [0.29, 0.717) is 28.7 Å². The summed E-state index contributed by atoms with van der Waals surface area (Å²) in [6, 6.07) is 21.2. The average molecular weight is 470 g/mol. The van der Waals surface area contributed by atoms with Crippen molar-refractivity contribution >= 4 is 34.1 Å². The van der Waals surface area contributed by atoms with Gasteiger partial charge in [0.25, 0.3) is 5.91 Å². The number of halogens is 1. The molecule has 0 bridgehead atoms. The Balaban J connectivity index is 1.38. The molecule has 0 radical (unpaired) electrons. The topological polar surface area (TPSA) is 77.1 Å². The summed E-state index contributed by atoms with van der Waals surface area (Å²) >= 11 is 6.03. The molecule has 0 spiro atoms. The standard InChI is InChI=1S/C26H20ClN5O2/c1-16-24(26(33)31-14-4-6-17-5-2-3-7-23(17)31)28-30-32(16)20-12-13-22-21(15-20)25(34-29-22)18-8-10-19(27)11-9-18/h2-3,5,7-13,15H,4,6,14H2,1H3. The molecular formula is C26H20ClN5O2. The summed E-state index contributed by atoms with van der Waals surface area (Å²) in [6.07, 6.45) is 1.90. The van der Waals surface area contributed by atoms with Crippen LogP contribution in [0.2, 0.25) is 5.02 Å². The summed E-state index contributed by atoms with van der Waals surface area (Å²) in [7, 11) is 0. The first-order valence-electron chi connectivity index (χ1n) is 11.1. The summed E-state index contributed by atoms with van der Waals surface area (Å²) in [5.74, 6) is 0.510. The Morgan fingerprint density at radius 3 is 2.74 bits per heavy atom. The van der Waals surface area contributed by atoms with Gasteiger partial charge >= 0.3 is 0 Å². The minimum Gasteiger partial charge on any atom is -0.355 e. The summed E-state index contributed by atoms with van der Waals surface area (Å²) in [5, 5.41) is 14.2. The van der Waals surface area contributed by atoms with Crippen LogP contribution in [0, 0.1) is 6.92 Å². The maximum Gasteiger partial charge on any atom is 0.280 e. The molecule has 168 valence electrons. The Hall–Kier alpha value is -3.97. The zero-order valence-corrected chi connectivity index (χ0v) is 19.2. The Bertz CT molecular complexity index is 1540. The highest BCUT2D eigenvalue weighted by molar-refractivity contribution is 6.30. The lowest BCUT2D eigenvalue weighted by Gasteiger charge is -2.28. The Morgan fingerprint density at radius 1 is 1.06 bits per heavy atom. The zero-order chi connectivity index (χ0) is 23.2. The van der Waals surface area contributed by atoms with Crippen LogP contribution < -0.4 is 4.90 Å². The number of carbonyl (C=O) groups excluding carboxylic acids is 1. The third-order valence-electron chi connectivity index (χ3n) is 6.26. The lowest BCUT2D eigenvalue weighted by Crippen LogP contribution is -2.36. The average Bonchev–Trinajstić information content (AvgIpc) is 3.47. The fourth-order valence-electron chi connectivity index (χ4n) is 4.52. The summed E-state index contributed by atoms with van der Waals surface area (Å²) in [4.78, 5) is 15.2. The van der Waals surface area contributed by atoms with Crippen LogP contribution in [0.1, 0.15) is 28.2 Å². The van der Waals surface area contributed by atoms with Crippen LogP contribution in [0.4, 0.5) is 5.69 Å². The van der Waals surface area contributed by atoms with E-state index in [1.165, 1.54) is 5.56 Å². The highest BCUT2D eigenvalue weighted by atomic mass is 35.5. The minimum absolute atomic E-state index is 0.135. The van der Waals surface area contributed by atoms with Crippen molar-refractivity contribution in [3.05, 3.63) is 88.7 Å². The maximum absolute atomic E-state index is 13.4. The number of rotatable bonds is 3. The molecule has 1 aliphatic heterocycles. The van der Waals surface area contributed by atoms with Gasteiger partial charge in [-0.1, -0.05) is 40.2 Å². The van der Waals surface area contributed by atoms with Gasteiger partial charge in [0.15, 0.2) is 11.5 Å². The van der Waals surface area contributed by atoms with Gasteiger partial charge in [-0.2, -0.15) is 0 Å². The molecule has 0 saturated heterocycles. The summed E-state index contributed by atoms with van der Waals surface area (Å²) in [6.45, 7) is 2.53. The number of para-hydroxylation sites is 1. The van der Waals surface area contributed by atoms with Crippen molar-refractivity contribution in [3.8, 4) is 17.0 Å². The molecule has 2 aromatic heterocycles. The Labute approximate surface area is 200 Å². The highest BCUT2D eigenvalue weighted by Gasteiger charge is 2.27. The number of aromatic nitrogens is 4. The van der Waals surface area contributed by atoms with Crippen molar-refractivity contribution in [3.63, 3.8) is 0 Å². The van der Waals surface area contributed by atoms with Crippen LogP contribution >= 0.6 is 11.6 Å². The van der Waals surface area contributed by atoms with E-state index in [2.05, 4.69) is 21.5 Å². The number of aryl methyl sites for hydroxylation is 1. The molecule has 0 N–H and O–H groups in total. The Kier molecular flexibility index (Phi) is 4.92. The van der Waals surface area contributed by atoms with Crippen LogP contribution in [-0.2, 0) is 6.42 Å². The number of fused-ring (bicyclic) bond motifs is 2. The second kappa shape index (κ2) is 8.11. The van der Waals surface area contributed by atoms with Crippen molar-refractivity contribution in [1.29, 1.82) is 0 Å². The Morgan fingerprint density at radius 2 is 1.88 bits per heavy atom. The first-order valence-corrected chi connectivity index (χ1v) is 11.5. The van der Waals surface area contributed by atoms with Gasteiger partial charge in [-0.3, -0.25) is 4.79 Å². The van der Waals surface area contributed by atoms with E-state index < -0.39 is 0 Å². The second-order valence-electron chi connectivity index (χ2n) is 8.34. The predicted molar refractivity (Wildman–Crippen MR) is 131 cm³/mol. The molecule has 8 heteroatoms. The molecule has 3 aromatic carbocycles. The van der Waals surface area contributed by atoms with Gasteiger partial charge in [-0.25, -0.2) is 4.68 Å². The van der Waals surface area contributed by atoms with E-state index in [1.54, 1.807) is 4.68 Å². The fraction of sp³-hybridized carbons (Fsp3) is 0.154. The molecule has 34 heavy (non-hydrogen) atoms. The number of amides is 1. The summed E-state index contributed by atoms with van der Waals surface area (Å²) in [5.41, 5.74) is 5.53. The van der Waals surface area contributed by atoms with Crippen molar-refractivity contribution < 1.29 is 9.32 Å². The number of benzene rings is 3. The number of nitrogens with zero attached hydrogens (tertiary/aromatic N) is 5. The predicted octanol–water partition coefficient (Wildman–Crippen LogP) is 5.63. The van der Waals surface area contributed by atoms with Crippen LogP contribution in [-0.4, -0.2) is 32.6 Å². The number of anilines is 1. The lowest BCUT2D eigenvalue weighted by molar-refractivity contribution is 0.0979. The van der Waals surface area contributed by atoms with Gasteiger partial charge in [0.1, 0.15) is 5.52 Å². The number of hydrogen-bond donors (Lipinski definition) is 0. The number of hydrogen-bond acceptors (Lipinski definition) is 5. The quantitative estimate of drug-likeness (QED) is 0.342. The first-order chi connectivity index (χ1) is 16.6. The van der Waals surface area contributed by atoms with Crippen LogP contribution in [0.5, 0.6) is 0 Å². The van der Waals surface area contributed by atoms with Crippen molar-refractivity contribution in [1.82, 2.24) is 20.2 Å². The lowest BCUT2D eigenvalue weighted by atomic mass is 10.0. The molecule has 1 aliphatic rings. The van der Waals surface area contributed by atoms with E-state index in [9.17, 15) is 4.79 Å².